The molecule has 7 rings (SSSR count). The summed E-state index contributed by atoms with van der Waals surface area (Å²) in [6.07, 6.45) is 9.40. The maximum absolute atomic E-state index is 12.9. The second-order valence-electron chi connectivity index (χ2n) is 11.7. The van der Waals surface area contributed by atoms with Crippen LogP contribution in [0.1, 0.15) is 72.5 Å². The average molecular weight is 535 g/mol. The molecule has 4 fully saturated rings. The smallest absolute Gasteiger partial charge is 0.251 e. The van der Waals surface area contributed by atoms with Crippen LogP contribution in [0.15, 0.2) is 65.2 Å². The normalized spacial score (nSPS) is 27.1. The van der Waals surface area contributed by atoms with E-state index in [9.17, 15) is 9.90 Å². The highest BCUT2D eigenvalue weighted by atomic mass is 35.5. The second-order valence-corrected chi connectivity index (χ2v) is 12.1. The van der Waals surface area contributed by atoms with Gasteiger partial charge in [0.25, 0.3) is 5.91 Å². The van der Waals surface area contributed by atoms with Gasteiger partial charge in [-0.25, -0.2) is 4.98 Å². The van der Waals surface area contributed by atoms with Crippen LogP contribution in [0.3, 0.4) is 0 Å². The molecule has 1 aromatic heterocycles. The molecule has 2 bridgehead atoms. The van der Waals surface area contributed by atoms with Gasteiger partial charge in [0.05, 0.1) is 31.9 Å². The van der Waals surface area contributed by atoms with E-state index in [1.54, 1.807) is 24.3 Å². The van der Waals surface area contributed by atoms with E-state index in [1.165, 1.54) is 6.42 Å². The highest BCUT2D eigenvalue weighted by molar-refractivity contribution is 6.30. The van der Waals surface area contributed by atoms with Crippen LogP contribution in [0.5, 0.6) is 0 Å². The lowest BCUT2D eigenvalue weighted by atomic mass is 9.73. The van der Waals surface area contributed by atoms with Crippen molar-refractivity contribution in [2.24, 2.45) is 11.8 Å². The van der Waals surface area contributed by atoms with Crippen molar-refractivity contribution in [2.45, 2.75) is 63.1 Å². The number of carbonyl (C=O) groups is 1. The van der Waals surface area contributed by atoms with Crippen LogP contribution in [-0.2, 0) is 12.1 Å². The summed E-state index contributed by atoms with van der Waals surface area (Å²) in [5.41, 5.74) is 0.278. The molecule has 2 atom stereocenters. The summed E-state index contributed by atoms with van der Waals surface area (Å²) in [6.45, 7) is 3.74. The summed E-state index contributed by atoms with van der Waals surface area (Å²) >= 11 is 6.00. The maximum atomic E-state index is 12.9. The Labute approximate surface area is 229 Å². The lowest BCUT2D eigenvalue weighted by Gasteiger charge is -2.52. The molecule has 200 valence electrons. The Hall–Kier alpha value is -2.67. The predicted octanol–water partition coefficient (Wildman–Crippen LogP) is 5.68. The molecule has 3 aromatic rings. The number of nitrogens with zero attached hydrogens (tertiary/aromatic N) is 2. The Morgan fingerprint density at radius 3 is 2.45 bits per heavy atom. The maximum Gasteiger partial charge on any atom is 0.251 e. The number of quaternary nitrogens is 1. The van der Waals surface area contributed by atoms with Crippen molar-refractivity contribution in [1.82, 2.24) is 10.3 Å². The zero-order valence-corrected chi connectivity index (χ0v) is 22.6. The average Bonchev–Trinajstić information content (AvgIpc) is 3.43. The van der Waals surface area contributed by atoms with Crippen LogP contribution >= 0.6 is 11.6 Å². The molecule has 0 radical (unpaired) electrons. The third kappa shape index (κ3) is 4.90. The SMILES string of the molecule is O=C(N[C@@H]1C[N+]2(Cc3cnc([C@](O)(c4ccccc4)C4CCCCC4)o3)CCC1CC2)c1ccc(Cl)cc1. The lowest BCUT2D eigenvalue weighted by molar-refractivity contribution is -0.956. The molecule has 4 heterocycles. The molecule has 38 heavy (non-hydrogen) atoms. The van der Waals surface area contributed by atoms with Gasteiger partial charge in [-0.05, 0) is 48.6 Å². The number of oxazole rings is 1. The second kappa shape index (κ2) is 10.5. The van der Waals surface area contributed by atoms with E-state index in [-0.39, 0.29) is 17.9 Å². The Balaban J connectivity index is 1.20. The predicted molar refractivity (Wildman–Crippen MR) is 147 cm³/mol. The molecule has 1 aliphatic carbocycles. The van der Waals surface area contributed by atoms with E-state index >= 15 is 0 Å². The summed E-state index contributed by atoms with van der Waals surface area (Å²) in [5.74, 6) is 1.79. The number of benzene rings is 2. The van der Waals surface area contributed by atoms with Gasteiger partial charge in [0.15, 0.2) is 11.4 Å². The van der Waals surface area contributed by atoms with Crippen molar-refractivity contribution in [3.05, 3.63) is 88.6 Å². The Morgan fingerprint density at radius 2 is 1.74 bits per heavy atom. The van der Waals surface area contributed by atoms with Crippen LogP contribution in [0, 0.1) is 11.8 Å². The fourth-order valence-electron chi connectivity index (χ4n) is 7.16. The Bertz CT molecular complexity index is 1250. The van der Waals surface area contributed by atoms with Crippen molar-refractivity contribution >= 4 is 17.5 Å². The van der Waals surface area contributed by atoms with Crippen LogP contribution in [0.4, 0.5) is 0 Å². The molecule has 1 saturated carbocycles. The van der Waals surface area contributed by atoms with Crippen LogP contribution in [0.25, 0.3) is 0 Å². The van der Waals surface area contributed by atoms with Gasteiger partial charge < -0.3 is 19.3 Å². The highest BCUT2D eigenvalue weighted by Crippen LogP contribution is 2.44. The number of piperidine rings is 3. The van der Waals surface area contributed by atoms with E-state index < -0.39 is 5.60 Å². The molecule has 0 unspecified atom stereocenters. The van der Waals surface area contributed by atoms with Crippen LogP contribution < -0.4 is 5.32 Å². The summed E-state index contributed by atoms with van der Waals surface area (Å²) < 4.78 is 7.30. The first-order valence-corrected chi connectivity index (χ1v) is 14.5. The van der Waals surface area contributed by atoms with Gasteiger partial charge in [0.1, 0.15) is 6.54 Å². The summed E-state index contributed by atoms with van der Waals surface area (Å²) in [4.78, 5) is 17.6. The fourth-order valence-corrected chi connectivity index (χ4v) is 7.29. The van der Waals surface area contributed by atoms with Crippen molar-refractivity contribution < 1.29 is 18.8 Å². The topological polar surface area (TPSA) is 75.4 Å². The van der Waals surface area contributed by atoms with Crippen LogP contribution in [-0.4, -0.2) is 46.2 Å². The number of halogens is 1. The third-order valence-electron chi connectivity index (χ3n) is 9.31. The molecule has 2 N–H and O–H groups in total. The molecule has 7 heteroatoms. The quantitative estimate of drug-likeness (QED) is 0.382. The number of hydrogen-bond acceptors (Lipinski definition) is 4. The number of nitrogens with one attached hydrogen (secondary N) is 1. The molecule has 4 aliphatic rings. The third-order valence-corrected chi connectivity index (χ3v) is 9.56. The molecular formula is C31H37ClN3O3+. The largest absolute Gasteiger partial charge is 0.436 e. The van der Waals surface area contributed by atoms with Gasteiger partial charge in [0.2, 0.25) is 5.89 Å². The summed E-state index contributed by atoms with van der Waals surface area (Å²) in [6, 6.07) is 17.1. The number of aliphatic hydroxyl groups is 1. The van der Waals surface area contributed by atoms with Crippen molar-refractivity contribution in [2.75, 3.05) is 19.6 Å². The number of rotatable bonds is 7. The minimum Gasteiger partial charge on any atom is -0.436 e. The molecule has 1 amide bonds. The Kier molecular flexibility index (Phi) is 7.06. The minimum absolute atomic E-state index is 0.0408. The number of carbonyl (C=O) groups excluding carboxylic acids is 1. The van der Waals surface area contributed by atoms with E-state index in [2.05, 4.69) is 5.32 Å². The number of aromatic nitrogens is 1. The van der Waals surface area contributed by atoms with Gasteiger partial charge in [-0.2, -0.15) is 0 Å². The zero-order chi connectivity index (χ0) is 26.2. The van der Waals surface area contributed by atoms with Gasteiger partial charge in [-0.1, -0.05) is 61.2 Å². The van der Waals surface area contributed by atoms with E-state index in [0.29, 0.717) is 22.4 Å². The van der Waals surface area contributed by atoms with Gasteiger partial charge in [-0.15, -0.1) is 0 Å². The van der Waals surface area contributed by atoms with Crippen molar-refractivity contribution in [3.8, 4) is 0 Å². The molecule has 6 nitrogen and oxygen atoms in total. The number of fused-ring (bicyclic) bond motifs is 3. The molecular weight excluding hydrogens is 498 g/mol. The monoisotopic (exact) mass is 534 g/mol. The van der Waals surface area contributed by atoms with E-state index in [0.717, 1.165) is 80.5 Å². The molecule has 2 aromatic carbocycles. The van der Waals surface area contributed by atoms with Crippen molar-refractivity contribution in [3.63, 3.8) is 0 Å². The zero-order valence-electron chi connectivity index (χ0n) is 21.8. The first-order chi connectivity index (χ1) is 18.5. The van der Waals surface area contributed by atoms with E-state index in [4.69, 9.17) is 21.0 Å². The molecule has 0 spiro atoms. The highest BCUT2D eigenvalue weighted by Gasteiger charge is 2.48. The van der Waals surface area contributed by atoms with Crippen molar-refractivity contribution in [1.29, 1.82) is 0 Å². The van der Waals surface area contributed by atoms with Gasteiger partial charge >= 0.3 is 0 Å². The lowest BCUT2D eigenvalue weighted by Crippen LogP contribution is -2.66. The molecule has 3 saturated heterocycles. The minimum atomic E-state index is -1.22. The molecule has 3 aliphatic heterocycles. The fraction of sp³-hybridized carbons (Fsp3) is 0.484. The summed E-state index contributed by atoms with van der Waals surface area (Å²) in [5, 5.41) is 16.1. The Morgan fingerprint density at radius 1 is 1.03 bits per heavy atom. The number of hydrogen-bond donors (Lipinski definition) is 2. The standard InChI is InChI=1S/C31H36ClN3O3/c32-26-13-11-23(12-14-26)29(36)34-28-21-35(17-15-22(28)16-18-35)20-27-19-33-30(38-27)31(37,24-7-3-1-4-8-24)25-9-5-2-6-10-25/h1,3-4,7-8,11-14,19,22,25,28,37H,2,5-6,9-10,15-18,20-21H2/p+1/t22?,28-,31+,35?/m1/s1. The first-order valence-electron chi connectivity index (χ1n) is 14.1. The van der Waals surface area contributed by atoms with E-state index in [1.807, 2.05) is 36.5 Å². The van der Waals surface area contributed by atoms with Gasteiger partial charge in [-0.3, -0.25) is 4.79 Å². The summed E-state index contributed by atoms with van der Waals surface area (Å²) in [7, 11) is 0. The first kappa shape index (κ1) is 25.6. The van der Waals surface area contributed by atoms with Gasteiger partial charge in [0, 0.05) is 29.3 Å². The van der Waals surface area contributed by atoms with Crippen LogP contribution in [0.2, 0.25) is 5.02 Å². The number of amides is 1.